The number of nitrogens with zero attached hydrogens (tertiary/aromatic N) is 2. The third-order valence-corrected chi connectivity index (χ3v) is 6.25. The van der Waals surface area contributed by atoms with Gasteiger partial charge in [-0.15, -0.1) is 11.3 Å². The van der Waals surface area contributed by atoms with Crippen LogP contribution in [0.1, 0.15) is 37.8 Å². The minimum absolute atomic E-state index is 0.0869. The van der Waals surface area contributed by atoms with E-state index in [-0.39, 0.29) is 12.1 Å². The molecule has 5 nitrogen and oxygen atoms in total. The minimum Gasteiger partial charge on any atom is -0.481 e. The van der Waals surface area contributed by atoms with E-state index in [0.717, 1.165) is 24.0 Å². The molecule has 27 heavy (non-hydrogen) atoms. The number of aromatic nitrogens is 2. The molecular weight excluding hydrogens is 360 g/mol. The Hall–Kier alpha value is -2.47. The van der Waals surface area contributed by atoms with Crippen LogP contribution in [0.3, 0.4) is 0 Å². The number of aliphatic carboxylic acids is 1. The standard InChI is InChI=1S/C21H22N2O3S/c1-21(2,20(25)26)11-23-12-22-18-17(19(23)24)16(10-27-18)15-8-7-13-5-3-4-6-14(13)9-15/h7-10,12H,3-6,11H2,1-2H3,(H,25,26). The molecule has 1 N–H and O–H groups in total. The van der Waals surface area contributed by atoms with Crippen LogP contribution in [0, 0.1) is 5.41 Å². The van der Waals surface area contributed by atoms with Crippen molar-refractivity contribution >= 4 is 27.5 Å². The van der Waals surface area contributed by atoms with Crippen LogP contribution in [0.5, 0.6) is 0 Å². The van der Waals surface area contributed by atoms with Gasteiger partial charge in [-0.2, -0.15) is 0 Å². The van der Waals surface area contributed by atoms with Gasteiger partial charge in [0.2, 0.25) is 0 Å². The van der Waals surface area contributed by atoms with Crippen molar-refractivity contribution in [3.8, 4) is 11.1 Å². The van der Waals surface area contributed by atoms with Crippen molar-refractivity contribution in [3.63, 3.8) is 0 Å². The van der Waals surface area contributed by atoms with Crippen molar-refractivity contribution in [2.75, 3.05) is 0 Å². The Morgan fingerprint density at radius 2 is 2.00 bits per heavy atom. The van der Waals surface area contributed by atoms with Crippen LogP contribution < -0.4 is 5.56 Å². The van der Waals surface area contributed by atoms with Gasteiger partial charge in [0.1, 0.15) is 4.83 Å². The average Bonchev–Trinajstić information content (AvgIpc) is 3.08. The van der Waals surface area contributed by atoms with Crippen LogP contribution >= 0.6 is 11.3 Å². The molecule has 0 fully saturated rings. The van der Waals surface area contributed by atoms with Crippen LogP contribution in [0.4, 0.5) is 0 Å². The molecule has 3 aromatic rings. The Morgan fingerprint density at radius 1 is 1.26 bits per heavy atom. The Balaban J connectivity index is 1.82. The molecule has 140 valence electrons. The van der Waals surface area contributed by atoms with Gasteiger partial charge in [0.25, 0.3) is 5.56 Å². The van der Waals surface area contributed by atoms with Crippen molar-refractivity contribution in [2.24, 2.45) is 5.41 Å². The number of thiophene rings is 1. The number of carbonyl (C=O) groups is 1. The number of hydrogen-bond acceptors (Lipinski definition) is 4. The molecular formula is C21H22N2O3S. The molecule has 0 unspecified atom stereocenters. The summed E-state index contributed by atoms with van der Waals surface area (Å²) in [5, 5.41) is 11.9. The van der Waals surface area contributed by atoms with Gasteiger partial charge in [-0.05, 0) is 56.2 Å². The second kappa shape index (κ2) is 6.60. The SMILES string of the molecule is CC(C)(Cn1cnc2scc(-c3ccc4c(c3)CCCC4)c2c1=O)C(=O)O. The zero-order valence-corrected chi connectivity index (χ0v) is 16.3. The molecule has 0 atom stereocenters. The summed E-state index contributed by atoms with van der Waals surface area (Å²) >= 11 is 1.45. The molecule has 1 aliphatic rings. The number of rotatable bonds is 4. The summed E-state index contributed by atoms with van der Waals surface area (Å²) in [5.74, 6) is -0.935. The Labute approximate surface area is 161 Å². The van der Waals surface area contributed by atoms with Gasteiger partial charge < -0.3 is 5.11 Å². The number of benzene rings is 1. The minimum atomic E-state index is -1.04. The van der Waals surface area contributed by atoms with Gasteiger partial charge >= 0.3 is 5.97 Å². The average molecular weight is 382 g/mol. The van der Waals surface area contributed by atoms with E-state index in [1.165, 1.54) is 46.2 Å². The molecule has 0 bridgehead atoms. The van der Waals surface area contributed by atoms with E-state index in [1.807, 2.05) is 5.38 Å². The van der Waals surface area contributed by atoms with Crippen molar-refractivity contribution < 1.29 is 9.90 Å². The zero-order chi connectivity index (χ0) is 19.2. The summed E-state index contributed by atoms with van der Waals surface area (Å²) in [6.07, 6.45) is 6.11. The van der Waals surface area contributed by atoms with Crippen molar-refractivity contribution in [3.05, 3.63) is 51.4 Å². The molecule has 0 spiro atoms. The predicted molar refractivity (Wildman–Crippen MR) is 107 cm³/mol. The summed E-state index contributed by atoms with van der Waals surface area (Å²) in [6, 6.07) is 6.47. The molecule has 1 aliphatic carbocycles. The Bertz CT molecular complexity index is 1090. The normalized spacial score (nSPS) is 14.3. The van der Waals surface area contributed by atoms with Gasteiger partial charge in [-0.3, -0.25) is 14.2 Å². The maximum absolute atomic E-state index is 13.1. The first-order valence-electron chi connectivity index (χ1n) is 9.19. The summed E-state index contributed by atoms with van der Waals surface area (Å²) in [6.45, 7) is 3.32. The van der Waals surface area contributed by atoms with Crippen LogP contribution in [-0.4, -0.2) is 20.6 Å². The summed E-state index contributed by atoms with van der Waals surface area (Å²) in [5.41, 5.74) is 3.49. The molecule has 0 saturated carbocycles. The molecule has 0 saturated heterocycles. The summed E-state index contributed by atoms with van der Waals surface area (Å²) in [7, 11) is 0. The first kappa shape index (κ1) is 17.9. The van der Waals surface area contributed by atoms with E-state index in [0.29, 0.717) is 10.2 Å². The molecule has 0 radical (unpaired) electrons. The highest BCUT2D eigenvalue weighted by Gasteiger charge is 2.28. The lowest BCUT2D eigenvalue weighted by Crippen LogP contribution is -2.34. The first-order valence-corrected chi connectivity index (χ1v) is 10.1. The maximum atomic E-state index is 13.1. The lowest BCUT2D eigenvalue weighted by atomic mass is 9.89. The van der Waals surface area contributed by atoms with Crippen LogP contribution in [0.15, 0.2) is 34.7 Å². The van der Waals surface area contributed by atoms with Crippen LogP contribution in [0.25, 0.3) is 21.3 Å². The molecule has 0 aliphatic heterocycles. The van der Waals surface area contributed by atoms with Gasteiger partial charge in [-0.25, -0.2) is 4.98 Å². The maximum Gasteiger partial charge on any atom is 0.310 e. The highest BCUT2D eigenvalue weighted by molar-refractivity contribution is 7.17. The molecule has 1 aromatic carbocycles. The highest BCUT2D eigenvalue weighted by atomic mass is 32.1. The Morgan fingerprint density at radius 3 is 2.74 bits per heavy atom. The van der Waals surface area contributed by atoms with Crippen LogP contribution in [-0.2, 0) is 24.2 Å². The van der Waals surface area contributed by atoms with E-state index in [9.17, 15) is 14.7 Å². The van der Waals surface area contributed by atoms with Gasteiger partial charge in [0, 0.05) is 17.5 Å². The summed E-state index contributed by atoms with van der Waals surface area (Å²) in [4.78, 5) is 29.7. The number of aryl methyl sites for hydroxylation is 2. The van der Waals surface area contributed by atoms with E-state index in [4.69, 9.17) is 0 Å². The lowest BCUT2D eigenvalue weighted by molar-refractivity contribution is -0.147. The highest BCUT2D eigenvalue weighted by Crippen LogP contribution is 2.33. The van der Waals surface area contributed by atoms with Crippen molar-refractivity contribution in [2.45, 2.75) is 46.1 Å². The van der Waals surface area contributed by atoms with Crippen molar-refractivity contribution in [1.29, 1.82) is 0 Å². The second-order valence-corrected chi connectivity index (χ2v) is 8.74. The lowest BCUT2D eigenvalue weighted by Gasteiger charge is -2.20. The molecule has 0 amide bonds. The van der Waals surface area contributed by atoms with Gasteiger partial charge in [0.15, 0.2) is 0 Å². The molecule has 6 heteroatoms. The monoisotopic (exact) mass is 382 g/mol. The third kappa shape index (κ3) is 3.18. The fraction of sp³-hybridized carbons (Fsp3) is 0.381. The third-order valence-electron chi connectivity index (χ3n) is 5.36. The Kier molecular flexibility index (Phi) is 4.38. The van der Waals surface area contributed by atoms with Crippen LogP contribution in [0.2, 0.25) is 0 Å². The first-order chi connectivity index (χ1) is 12.9. The fourth-order valence-corrected chi connectivity index (χ4v) is 4.59. The number of carboxylic acids is 1. The van der Waals surface area contributed by atoms with E-state index >= 15 is 0 Å². The van der Waals surface area contributed by atoms with E-state index < -0.39 is 11.4 Å². The molecule has 2 aromatic heterocycles. The fourth-order valence-electron chi connectivity index (χ4n) is 3.69. The van der Waals surface area contributed by atoms with Gasteiger partial charge in [0.05, 0.1) is 17.1 Å². The number of carboxylic acid groups (broad SMARTS) is 1. The largest absolute Gasteiger partial charge is 0.481 e. The van der Waals surface area contributed by atoms with E-state index in [1.54, 1.807) is 13.8 Å². The van der Waals surface area contributed by atoms with E-state index in [2.05, 4.69) is 23.2 Å². The zero-order valence-electron chi connectivity index (χ0n) is 15.5. The summed E-state index contributed by atoms with van der Waals surface area (Å²) < 4.78 is 1.42. The predicted octanol–water partition coefficient (Wildman–Crippen LogP) is 4.11. The van der Waals surface area contributed by atoms with Crippen molar-refractivity contribution in [1.82, 2.24) is 9.55 Å². The van der Waals surface area contributed by atoms with Gasteiger partial charge in [-0.1, -0.05) is 18.2 Å². The second-order valence-electron chi connectivity index (χ2n) is 7.89. The number of fused-ring (bicyclic) bond motifs is 2. The molecule has 2 heterocycles. The topological polar surface area (TPSA) is 72.2 Å². The molecule has 4 rings (SSSR count). The quantitative estimate of drug-likeness (QED) is 0.737. The number of hydrogen-bond donors (Lipinski definition) is 1. The smallest absolute Gasteiger partial charge is 0.310 e.